The van der Waals surface area contributed by atoms with Crippen LogP contribution in [0.1, 0.15) is 17.2 Å². The molecule has 1 atom stereocenters. The molecule has 0 bridgehead atoms. The molecule has 0 unspecified atom stereocenters. The zero-order valence-electron chi connectivity index (χ0n) is 14.7. The second kappa shape index (κ2) is 7.43. The lowest BCUT2D eigenvalue weighted by Gasteiger charge is -2.13. The highest BCUT2D eigenvalue weighted by atomic mass is 35.5. The molecule has 0 saturated heterocycles. The van der Waals surface area contributed by atoms with Crippen LogP contribution in [0.2, 0.25) is 5.02 Å². The number of rotatable bonds is 5. The maximum atomic E-state index is 10.7. The normalized spacial score (nSPS) is 12.4. The number of hydrogen-bond acceptors (Lipinski definition) is 2. The fourth-order valence-electron chi connectivity index (χ4n) is 3.37. The summed E-state index contributed by atoms with van der Waals surface area (Å²) >= 11 is 5.94. The topological polar surface area (TPSA) is 53.9 Å². The standard InChI is InChI=1S/C22H20ClN3O/c23-18-12-10-17(11-13-18)21(27)15-26-20-9-5-4-8-19(20)25(22(26)24)14-16-6-2-1-3-7-16/h1-13,21,24,27H,14-15H2/t21-/m0/s1. The molecule has 1 heterocycles. The number of nitrogens with one attached hydrogen (secondary N) is 1. The van der Waals surface area contributed by atoms with Crippen LogP contribution >= 0.6 is 11.6 Å². The molecule has 0 aliphatic carbocycles. The van der Waals surface area contributed by atoms with Crippen LogP contribution in [0.3, 0.4) is 0 Å². The van der Waals surface area contributed by atoms with E-state index < -0.39 is 6.10 Å². The van der Waals surface area contributed by atoms with Gasteiger partial charge in [-0.15, -0.1) is 0 Å². The Balaban J connectivity index is 1.73. The number of halogens is 1. The van der Waals surface area contributed by atoms with Crippen LogP contribution in [0.15, 0.2) is 78.9 Å². The fraction of sp³-hybridized carbons (Fsp3) is 0.136. The molecule has 0 saturated carbocycles. The van der Waals surface area contributed by atoms with E-state index in [0.717, 1.165) is 22.2 Å². The maximum absolute atomic E-state index is 10.7. The van der Waals surface area contributed by atoms with Crippen molar-refractivity contribution in [3.8, 4) is 0 Å². The van der Waals surface area contributed by atoms with Gasteiger partial charge in [0.2, 0.25) is 5.62 Å². The van der Waals surface area contributed by atoms with Gasteiger partial charge in [-0.2, -0.15) is 0 Å². The quantitative estimate of drug-likeness (QED) is 0.533. The molecule has 0 aliphatic rings. The van der Waals surface area contributed by atoms with Crippen molar-refractivity contribution in [2.45, 2.75) is 19.2 Å². The van der Waals surface area contributed by atoms with Gasteiger partial charge in [0, 0.05) is 5.02 Å². The third kappa shape index (κ3) is 3.54. The molecule has 136 valence electrons. The van der Waals surface area contributed by atoms with Crippen molar-refractivity contribution < 1.29 is 5.11 Å². The zero-order chi connectivity index (χ0) is 18.8. The highest BCUT2D eigenvalue weighted by Gasteiger charge is 2.15. The van der Waals surface area contributed by atoms with E-state index in [-0.39, 0.29) is 0 Å². The molecule has 1 aromatic heterocycles. The van der Waals surface area contributed by atoms with Crippen molar-refractivity contribution in [3.63, 3.8) is 0 Å². The van der Waals surface area contributed by atoms with Crippen LogP contribution in [0.4, 0.5) is 0 Å². The van der Waals surface area contributed by atoms with Crippen molar-refractivity contribution in [1.29, 1.82) is 5.41 Å². The van der Waals surface area contributed by atoms with Crippen LogP contribution in [0.5, 0.6) is 0 Å². The molecule has 4 nitrogen and oxygen atoms in total. The fourth-order valence-corrected chi connectivity index (χ4v) is 3.49. The third-order valence-electron chi connectivity index (χ3n) is 4.77. The molecule has 0 amide bonds. The van der Waals surface area contributed by atoms with E-state index in [1.807, 2.05) is 63.7 Å². The number of aliphatic hydroxyl groups excluding tert-OH is 1. The van der Waals surface area contributed by atoms with Gasteiger partial charge in [-0.05, 0) is 35.4 Å². The molecule has 4 aromatic rings. The summed E-state index contributed by atoms with van der Waals surface area (Å²) in [5.74, 6) is 0. The van der Waals surface area contributed by atoms with Gasteiger partial charge < -0.3 is 14.2 Å². The SMILES string of the molecule is N=c1n(Cc2ccccc2)c2ccccc2n1C[C@H](O)c1ccc(Cl)cc1. The molecule has 3 aromatic carbocycles. The Kier molecular flexibility index (Phi) is 4.84. The van der Waals surface area contributed by atoms with Gasteiger partial charge in [0.05, 0.1) is 30.2 Å². The number of nitrogens with zero attached hydrogens (tertiary/aromatic N) is 2. The first-order chi connectivity index (χ1) is 13.1. The predicted molar refractivity (Wildman–Crippen MR) is 108 cm³/mol. The van der Waals surface area contributed by atoms with Gasteiger partial charge >= 0.3 is 0 Å². The van der Waals surface area contributed by atoms with E-state index in [9.17, 15) is 5.11 Å². The van der Waals surface area contributed by atoms with Gasteiger partial charge in [-0.25, -0.2) is 0 Å². The molecule has 5 heteroatoms. The zero-order valence-corrected chi connectivity index (χ0v) is 15.5. The van der Waals surface area contributed by atoms with Gasteiger partial charge in [-0.1, -0.05) is 66.2 Å². The second-order valence-electron chi connectivity index (χ2n) is 6.56. The highest BCUT2D eigenvalue weighted by molar-refractivity contribution is 6.30. The Bertz CT molecular complexity index is 1110. The first-order valence-corrected chi connectivity index (χ1v) is 9.21. The summed E-state index contributed by atoms with van der Waals surface area (Å²) in [6.45, 7) is 0.924. The molecule has 27 heavy (non-hydrogen) atoms. The Labute approximate surface area is 162 Å². The largest absolute Gasteiger partial charge is 0.387 e. The average Bonchev–Trinajstić information content (AvgIpc) is 2.95. The van der Waals surface area contributed by atoms with Gasteiger partial charge in [-0.3, -0.25) is 5.41 Å². The number of aliphatic hydroxyl groups is 1. The Morgan fingerprint density at radius 1 is 0.815 bits per heavy atom. The van der Waals surface area contributed by atoms with Crippen LogP contribution in [-0.4, -0.2) is 14.2 Å². The number of aromatic nitrogens is 2. The average molecular weight is 378 g/mol. The Hall–Kier alpha value is -2.82. The lowest BCUT2D eigenvalue weighted by molar-refractivity contribution is 0.155. The van der Waals surface area contributed by atoms with E-state index in [4.69, 9.17) is 17.0 Å². The third-order valence-corrected chi connectivity index (χ3v) is 5.02. The van der Waals surface area contributed by atoms with E-state index in [2.05, 4.69) is 12.1 Å². The molecule has 0 aliphatic heterocycles. The van der Waals surface area contributed by atoms with Crippen molar-refractivity contribution in [1.82, 2.24) is 9.13 Å². The van der Waals surface area contributed by atoms with E-state index in [0.29, 0.717) is 23.7 Å². The van der Waals surface area contributed by atoms with Crippen LogP contribution < -0.4 is 5.62 Å². The summed E-state index contributed by atoms with van der Waals surface area (Å²) in [7, 11) is 0. The summed E-state index contributed by atoms with van der Waals surface area (Å²) < 4.78 is 3.83. The molecular formula is C22H20ClN3O. The first-order valence-electron chi connectivity index (χ1n) is 8.83. The summed E-state index contributed by atoms with van der Waals surface area (Å²) in [5, 5.41) is 20.0. The Morgan fingerprint density at radius 2 is 1.41 bits per heavy atom. The highest BCUT2D eigenvalue weighted by Crippen LogP contribution is 2.21. The lowest BCUT2D eigenvalue weighted by Crippen LogP contribution is -2.27. The smallest absolute Gasteiger partial charge is 0.203 e. The van der Waals surface area contributed by atoms with Crippen LogP contribution in [-0.2, 0) is 13.1 Å². The minimum atomic E-state index is -0.715. The molecule has 2 N–H and O–H groups in total. The van der Waals surface area contributed by atoms with E-state index in [1.165, 1.54) is 0 Å². The summed E-state index contributed by atoms with van der Waals surface area (Å²) in [6.07, 6.45) is -0.715. The molecule has 0 fully saturated rings. The number of benzene rings is 3. The van der Waals surface area contributed by atoms with Crippen LogP contribution in [0, 0.1) is 5.41 Å². The molecule has 0 radical (unpaired) electrons. The number of para-hydroxylation sites is 2. The van der Waals surface area contributed by atoms with Gasteiger partial charge in [0.25, 0.3) is 0 Å². The van der Waals surface area contributed by atoms with Gasteiger partial charge in [0.1, 0.15) is 0 Å². The minimum Gasteiger partial charge on any atom is -0.387 e. The maximum Gasteiger partial charge on any atom is 0.203 e. The number of hydrogen-bond donors (Lipinski definition) is 2. The monoisotopic (exact) mass is 377 g/mol. The van der Waals surface area contributed by atoms with E-state index in [1.54, 1.807) is 12.1 Å². The van der Waals surface area contributed by atoms with Gasteiger partial charge in [0.15, 0.2) is 0 Å². The van der Waals surface area contributed by atoms with Crippen molar-refractivity contribution in [3.05, 3.63) is 101 Å². The van der Waals surface area contributed by atoms with Crippen molar-refractivity contribution >= 4 is 22.6 Å². The predicted octanol–water partition coefficient (Wildman–Crippen LogP) is 4.36. The van der Waals surface area contributed by atoms with Crippen LogP contribution in [0.25, 0.3) is 11.0 Å². The number of fused-ring (bicyclic) bond motifs is 1. The molecule has 0 spiro atoms. The summed E-state index contributed by atoms with van der Waals surface area (Å²) in [5.41, 5.74) is 4.21. The second-order valence-corrected chi connectivity index (χ2v) is 7.00. The molecule has 4 rings (SSSR count). The summed E-state index contributed by atoms with van der Waals surface area (Å²) in [6, 6.07) is 25.2. The molecular weight excluding hydrogens is 358 g/mol. The lowest BCUT2D eigenvalue weighted by atomic mass is 10.1. The Morgan fingerprint density at radius 3 is 2.07 bits per heavy atom. The summed E-state index contributed by atoms with van der Waals surface area (Å²) in [4.78, 5) is 0. The minimum absolute atomic E-state index is 0.308. The number of imidazole rings is 1. The van der Waals surface area contributed by atoms with E-state index >= 15 is 0 Å². The van der Waals surface area contributed by atoms with Crippen molar-refractivity contribution in [2.24, 2.45) is 0 Å². The van der Waals surface area contributed by atoms with Crippen molar-refractivity contribution in [2.75, 3.05) is 0 Å². The first kappa shape index (κ1) is 17.6.